The zero-order chi connectivity index (χ0) is 21.2. The van der Waals surface area contributed by atoms with Crippen molar-refractivity contribution < 1.29 is 33.4 Å². The van der Waals surface area contributed by atoms with Gasteiger partial charge in [-0.2, -0.15) is 0 Å². The molecule has 0 radical (unpaired) electrons. The molecule has 9 nitrogen and oxygen atoms in total. The largest absolute Gasteiger partial charge is 0.425 e. The third-order valence-electron chi connectivity index (χ3n) is 3.25. The number of anilines is 2. The first kappa shape index (κ1) is 21.6. The molecular formula is C20H20N2O7. The highest BCUT2D eigenvalue weighted by Crippen LogP contribution is 2.17. The number of carbonyl (C=O) groups excluding carboxylic acids is 4. The van der Waals surface area contributed by atoms with E-state index in [2.05, 4.69) is 10.6 Å². The van der Waals surface area contributed by atoms with Gasteiger partial charge in [0.25, 0.3) is 0 Å². The van der Waals surface area contributed by atoms with Crippen LogP contribution in [0.3, 0.4) is 0 Å². The molecule has 0 aliphatic rings. The number of esters is 2. The molecule has 9 heteroatoms. The fourth-order valence-corrected chi connectivity index (χ4v) is 2.16. The number of ether oxygens (including phenoxy) is 3. The van der Waals surface area contributed by atoms with Crippen molar-refractivity contribution in [1.29, 1.82) is 0 Å². The van der Waals surface area contributed by atoms with Crippen molar-refractivity contribution in [3.05, 3.63) is 48.5 Å². The van der Waals surface area contributed by atoms with E-state index in [-0.39, 0.29) is 23.3 Å². The molecule has 0 atom stereocenters. The second kappa shape index (κ2) is 10.6. The summed E-state index contributed by atoms with van der Waals surface area (Å²) in [5.41, 5.74) is 1.14. The van der Waals surface area contributed by atoms with Gasteiger partial charge in [0.1, 0.15) is 24.7 Å². The Bertz CT molecular complexity index is 803. The normalized spacial score (nSPS) is 10.0. The first-order chi connectivity index (χ1) is 13.8. The standard InChI is InChI=1S/C20H20N2O7/c1-13(23)21-15-3-7-17(8-4-15)28-19(25)11-27-12-20(26)29-18-9-5-16(6-10-18)22-14(2)24/h3-10H,11-12H2,1-2H3,(H,21,23)(H,22,24). The Balaban J connectivity index is 1.70. The van der Waals surface area contributed by atoms with Gasteiger partial charge in [-0.15, -0.1) is 0 Å². The van der Waals surface area contributed by atoms with E-state index in [1.807, 2.05) is 0 Å². The Morgan fingerprint density at radius 3 is 1.31 bits per heavy atom. The summed E-state index contributed by atoms with van der Waals surface area (Å²) in [6.45, 7) is 1.89. The first-order valence-electron chi connectivity index (χ1n) is 8.56. The Kier molecular flexibility index (Phi) is 7.87. The number of rotatable bonds is 8. The summed E-state index contributed by atoms with van der Waals surface area (Å²) in [5, 5.41) is 5.18. The molecule has 2 N–H and O–H groups in total. The lowest BCUT2D eigenvalue weighted by molar-refractivity contribution is -0.145. The first-order valence-corrected chi connectivity index (χ1v) is 8.56. The van der Waals surface area contributed by atoms with Crippen LogP contribution in [0.1, 0.15) is 13.8 Å². The lowest BCUT2D eigenvalue weighted by atomic mass is 10.3. The molecule has 2 amide bonds. The van der Waals surface area contributed by atoms with E-state index in [1.165, 1.54) is 38.1 Å². The Morgan fingerprint density at radius 2 is 1.00 bits per heavy atom. The molecule has 0 spiro atoms. The van der Waals surface area contributed by atoms with Gasteiger partial charge in [0.15, 0.2) is 0 Å². The van der Waals surface area contributed by atoms with E-state index in [4.69, 9.17) is 14.2 Å². The fourth-order valence-electron chi connectivity index (χ4n) is 2.16. The molecule has 0 fully saturated rings. The van der Waals surface area contributed by atoms with Crippen LogP contribution in [0, 0.1) is 0 Å². The summed E-state index contributed by atoms with van der Waals surface area (Å²) in [5.74, 6) is -1.25. The summed E-state index contributed by atoms with van der Waals surface area (Å²) in [6.07, 6.45) is 0. The van der Waals surface area contributed by atoms with Gasteiger partial charge in [0.05, 0.1) is 0 Å². The van der Waals surface area contributed by atoms with E-state index >= 15 is 0 Å². The van der Waals surface area contributed by atoms with Gasteiger partial charge < -0.3 is 24.8 Å². The lowest BCUT2D eigenvalue weighted by Gasteiger charge is -2.08. The average Bonchev–Trinajstić information content (AvgIpc) is 2.64. The monoisotopic (exact) mass is 400 g/mol. The van der Waals surface area contributed by atoms with Crippen molar-refractivity contribution in [1.82, 2.24) is 0 Å². The number of nitrogens with one attached hydrogen (secondary N) is 2. The quantitative estimate of drug-likeness (QED) is 0.514. The third kappa shape index (κ3) is 8.22. The molecule has 0 aromatic heterocycles. The molecule has 0 aliphatic heterocycles. The Labute approximate surface area is 166 Å². The molecule has 0 aliphatic carbocycles. The van der Waals surface area contributed by atoms with Crippen LogP contribution in [0.25, 0.3) is 0 Å². The van der Waals surface area contributed by atoms with Gasteiger partial charge in [-0.25, -0.2) is 9.59 Å². The molecule has 2 aromatic rings. The molecule has 29 heavy (non-hydrogen) atoms. The van der Waals surface area contributed by atoms with Crippen LogP contribution in [-0.2, 0) is 23.9 Å². The number of amides is 2. The topological polar surface area (TPSA) is 120 Å². The highest BCUT2D eigenvalue weighted by molar-refractivity contribution is 5.89. The number of carbonyl (C=O) groups is 4. The van der Waals surface area contributed by atoms with E-state index < -0.39 is 25.2 Å². The summed E-state index contributed by atoms with van der Waals surface area (Å²) in [7, 11) is 0. The van der Waals surface area contributed by atoms with Crippen LogP contribution in [0.4, 0.5) is 11.4 Å². The maximum atomic E-state index is 11.7. The molecular weight excluding hydrogens is 380 g/mol. The highest BCUT2D eigenvalue weighted by atomic mass is 16.6. The number of hydrogen-bond acceptors (Lipinski definition) is 7. The summed E-state index contributed by atoms with van der Waals surface area (Å²) >= 11 is 0. The average molecular weight is 400 g/mol. The maximum Gasteiger partial charge on any atom is 0.337 e. The summed E-state index contributed by atoms with van der Waals surface area (Å²) in [6, 6.07) is 12.4. The van der Waals surface area contributed by atoms with Crippen molar-refractivity contribution in [3.63, 3.8) is 0 Å². The van der Waals surface area contributed by atoms with Crippen LogP contribution in [0.15, 0.2) is 48.5 Å². The van der Waals surface area contributed by atoms with E-state index in [1.54, 1.807) is 24.3 Å². The second-order valence-corrected chi connectivity index (χ2v) is 5.85. The van der Waals surface area contributed by atoms with E-state index in [0.717, 1.165) is 0 Å². The SMILES string of the molecule is CC(=O)Nc1ccc(OC(=O)COCC(=O)Oc2ccc(NC(C)=O)cc2)cc1. The predicted octanol–water partition coefficient (Wildman–Crippen LogP) is 2.13. The summed E-state index contributed by atoms with van der Waals surface area (Å²) < 4.78 is 15.1. The number of hydrogen-bond donors (Lipinski definition) is 2. The van der Waals surface area contributed by atoms with Crippen LogP contribution in [0.2, 0.25) is 0 Å². The smallest absolute Gasteiger partial charge is 0.337 e. The molecule has 0 bridgehead atoms. The molecule has 2 rings (SSSR count). The zero-order valence-corrected chi connectivity index (χ0v) is 15.9. The van der Waals surface area contributed by atoms with Gasteiger partial charge in [-0.3, -0.25) is 9.59 Å². The molecule has 0 saturated carbocycles. The van der Waals surface area contributed by atoms with Gasteiger partial charge in [0.2, 0.25) is 11.8 Å². The summed E-state index contributed by atoms with van der Waals surface area (Å²) in [4.78, 5) is 45.4. The Hall–Kier alpha value is -3.72. The molecule has 152 valence electrons. The Morgan fingerprint density at radius 1 is 0.655 bits per heavy atom. The lowest BCUT2D eigenvalue weighted by Crippen LogP contribution is -2.21. The minimum absolute atomic E-state index is 0.210. The van der Waals surface area contributed by atoms with Crippen LogP contribution in [-0.4, -0.2) is 37.0 Å². The maximum absolute atomic E-state index is 11.7. The minimum atomic E-state index is -0.690. The van der Waals surface area contributed by atoms with Crippen molar-refractivity contribution in [2.45, 2.75) is 13.8 Å². The van der Waals surface area contributed by atoms with E-state index in [0.29, 0.717) is 11.4 Å². The number of benzene rings is 2. The van der Waals surface area contributed by atoms with Gasteiger partial charge >= 0.3 is 11.9 Å². The van der Waals surface area contributed by atoms with Crippen molar-refractivity contribution in [2.24, 2.45) is 0 Å². The molecule has 0 saturated heterocycles. The fraction of sp³-hybridized carbons (Fsp3) is 0.200. The van der Waals surface area contributed by atoms with Crippen LogP contribution in [0.5, 0.6) is 11.5 Å². The van der Waals surface area contributed by atoms with Gasteiger partial charge in [0, 0.05) is 25.2 Å². The zero-order valence-electron chi connectivity index (χ0n) is 15.9. The van der Waals surface area contributed by atoms with E-state index in [9.17, 15) is 19.2 Å². The van der Waals surface area contributed by atoms with Gasteiger partial charge in [-0.05, 0) is 48.5 Å². The second-order valence-electron chi connectivity index (χ2n) is 5.85. The molecule has 2 aromatic carbocycles. The molecule has 0 heterocycles. The van der Waals surface area contributed by atoms with Crippen LogP contribution >= 0.6 is 0 Å². The van der Waals surface area contributed by atoms with Crippen molar-refractivity contribution >= 4 is 35.1 Å². The van der Waals surface area contributed by atoms with Gasteiger partial charge in [-0.1, -0.05) is 0 Å². The predicted molar refractivity (Wildman–Crippen MR) is 104 cm³/mol. The third-order valence-corrected chi connectivity index (χ3v) is 3.25. The molecule has 0 unspecified atom stereocenters. The minimum Gasteiger partial charge on any atom is -0.425 e. The highest BCUT2D eigenvalue weighted by Gasteiger charge is 2.10. The van der Waals surface area contributed by atoms with Crippen LogP contribution < -0.4 is 20.1 Å². The van der Waals surface area contributed by atoms with Crippen molar-refractivity contribution in [3.8, 4) is 11.5 Å². The van der Waals surface area contributed by atoms with Crippen molar-refractivity contribution in [2.75, 3.05) is 23.8 Å².